The molecule has 4 N–H and O–H groups in total. The summed E-state index contributed by atoms with van der Waals surface area (Å²) in [6, 6.07) is 5.27. The van der Waals surface area contributed by atoms with Crippen LogP contribution in [0.5, 0.6) is 0 Å². The second-order valence-corrected chi connectivity index (χ2v) is 6.65. The molecular weight excluding hydrogens is 278 g/mol. The Bertz CT molecular complexity index is 721. The Morgan fingerprint density at radius 1 is 1.40 bits per heavy atom. The van der Waals surface area contributed by atoms with E-state index in [-0.39, 0.29) is 10.8 Å². The number of nitrogens with one attached hydrogen (secondary N) is 2. The highest BCUT2D eigenvalue weighted by Gasteiger charge is 2.26. The van der Waals surface area contributed by atoms with Crippen molar-refractivity contribution in [3.8, 4) is 0 Å². The molecule has 0 aliphatic heterocycles. The van der Waals surface area contributed by atoms with E-state index in [0.29, 0.717) is 18.1 Å². The summed E-state index contributed by atoms with van der Waals surface area (Å²) < 4.78 is 29.0. The van der Waals surface area contributed by atoms with Crippen molar-refractivity contribution < 1.29 is 8.42 Å². The molecule has 2 heterocycles. The van der Waals surface area contributed by atoms with E-state index in [1.54, 1.807) is 24.4 Å². The van der Waals surface area contributed by atoms with Crippen LogP contribution in [0.4, 0.5) is 5.82 Å². The summed E-state index contributed by atoms with van der Waals surface area (Å²) in [6.45, 7) is 0.442. The van der Waals surface area contributed by atoms with E-state index in [0.717, 1.165) is 6.42 Å². The number of hydrogen-bond donors (Lipinski definition) is 3. The van der Waals surface area contributed by atoms with Crippen LogP contribution in [-0.2, 0) is 10.0 Å². The van der Waals surface area contributed by atoms with E-state index in [2.05, 4.69) is 15.1 Å². The molecule has 108 valence electrons. The summed E-state index contributed by atoms with van der Waals surface area (Å²) in [6.07, 6.45) is 4.93. The summed E-state index contributed by atoms with van der Waals surface area (Å²) >= 11 is 0. The number of aromatic nitrogens is 2. The molecule has 0 atom stereocenters. The van der Waals surface area contributed by atoms with Gasteiger partial charge in [0.1, 0.15) is 5.65 Å². The minimum absolute atomic E-state index is 0.0476. The van der Waals surface area contributed by atoms with Gasteiger partial charge in [0.15, 0.2) is 10.8 Å². The molecule has 1 saturated carbocycles. The van der Waals surface area contributed by atoms with Crippen LogP contribution in [0, 0.1) is 5.92 Å². The van der Waals surface area contributed by atoms with Gasteiger partial charge in [-0.2, -0.15) is 0 Å². The van der Waals surface area contributed by atoms with Crippen LogP contribution in [0.2, 0.25) is 0 Å². The van der Waals surface area contributed by atoms with Crippen molar-refractivity contribution in [2.45, 2.75) is 24.3 Å². The largest absolute Gasteiger partial charge is 0.306 e. The highest BCUT2D eigenvalue weighted by Crippen LogP contribution is 2.32. The van der Waals surface area contributed by atoms with Crippen molar-refractivity contribution >= 4 is 21.5 Å². The van der Waals surface area contributed by atoms with E-state index < -0.39 is 10.0 Å². The predicted octanol–water partition coefficient (Wildman–Crippen LogP) is 0.698. The number of pyridine rings is 1. The smallest absolute Gasteiger partial charge is 0.260 e. The summed E-state index contributed by atoms with van der Waals surface area (Å²) in [5.74, 6) is 6.20. The molecule has 20 heavy (non-hydrogen) atoms. The van der Waals surface area contributed by atoms with Crippen molar-refractivity contribution in [1.29, 1.82) is 0 Å². The molecule has 7 nitrogen and oxygen atoms in total. The lowest BCUT2D eigenvalue weighted by molar-refractivity contribution is 0.571. The second kappa shape index (κ2) is 5.04. The number of nitrogens with zero attached hydrogens (tertiary/aromatic N) is 2. The molecule has 0 unspecified atom stereocenters. The van der Waals surface area contributed by atoms with Gasteiger partial charge in [-0.1, -0.05) is 18.9 Å². The molecule has 0 amide bonds. The van der Waals surface area contributed by atoms with Crippen LogP contribution < -0.4 is 16.0 Å². The van der Waals surface area contributed by atoms with Crippen LogP contribution >= 0.6 is 0 Å². The standard InChI is InChI=1S/C12H17N5O2S/c13-16-11-12(17-8-2-1-3-10(17)15-11)20(18,19)14-7-6-9-4-5-9/h1-3,8-9,14,16H,4-7,13H2. The van der Waals surface area contributed by atoms with E-state index in [9.17, 15) is 8.42 Å². The van der Waals surface area contributed by atoms with Crippen LogP contribution in [-0.4, -0.2) is 24.3 Å². The molecule has 0 spiro atoms. The SMILES string of the molecule is NNc1nc2ccccn2c1S(=O)(=O)NCCC1CC1. The van der Waals surface area contributed by atoms with Gasteiger partial charge in [0, 0.05) is 12.7 Å². The molecule has 1 aliphatic rings. The topological polar surface area (TPSA) is 102 Å². The molecule has 1 aliphatic carbocycles. The van der Waals surface area contributed by atoms with Gasteiger partial charge in [0.05, 0.1) is 0 Å². The fourth-order valence-corrected chi connectivity index (χ4v) is 3.49. The molecule has 0 aromatic carbocycles. The second-order valence-electron chi connectivity index (χ2n) is 4.97. The summed E-state index contributed by atoms with van der Waals surface area (Å²) in [5, 5.41) is 0.0476. The first-order valence-electron chi connectivity index (χ1n) is 6.55. The van der Waals surface area contributed by atoms with E-state index in [1.165, 1.54) is 17.2 Å². The first kappa shape index (κ1) is 13.3. The van der Waals surface area contributed by atoms with Crippen LogP contribution in [0.3, 0.4) is 0 Å². The Hall–Kier alpha value is -1.64. The Morgan fingerprint density at radius 3 is 2.90 bits per heavy atom. The molecule has 0 bridgehead atoms. The molecule has 8 heteroatoms. The average Bonchev–Trinajstić information content (AvgIpc) is 3.16. The van der Waals surface area contributed by atoms with Gasteiger partial charge in [-0.15, -0.1) is 0 Å². The quantitative estimate of drug-likeness (QED) is 0.538. The van der Waals surface area contributed by atoms with Crippen molar-refractivity contribution in [3.05, 3.63) is 24.4 Å². The third-order valence-corrected chi connectivity index (χ3v) is 4.90. The minimum atomic E-state index is -3.65. The van der Waals surface area contributed by atoms with Gasteiger partial charge in [-0.05, 0) is 24.5 Å². The van der Waals surface area contributed by atoms with E-state index in [1.807, 2.05) is 0 Å². The molecule has 2 aromatic heterocycles. The summed E-state index contributed by atoms with van der Waals surface area (Å²) in [4.78, 5) is 4.16. The van der Waals surface area contributed by atoms with E-state index in [4.69, 9.17) is 5.84 Å². The van der Waals surface area contributed by atoms with Gasteiger partial charge < -0.3 is 5.43 Å². The number of nitrogens with two attached hydrogens (primary N) is 1. The number of nitrogen functional groups attached to an aromatic ring is 1. The number of fused-ring (bicyclic) bond motifs is 1. The van der Waals surface area contributed by atoms with Crippen molar-refractivity contribution in [2.75, 3.05) is 12.0 Å². The molecule has 0 saturated heterocycles. The third-order valence-electron chi connectivity index (χ3n) is 3.42. The van der Waals surface area contributed by atoms with Crippen LogP contribution in [0.25, 0.3) is 5.65 Å². The van der Waals surface area contributed by atoms with Gasteiger partial charge in [-0.3, -0.25) is 4.40 Å². The molecular formula is C12H17N5O2S. The lowest BCUT2D eigenvalue weighted by Gasteiger charge is -2.07. The summed E-state index contributed by atoms with van der Waals surface area (Å²) in [7, 11) is -3.65. The molecule has 2 aromatic rings. The predicted molar refractivity (Wildman–Crippen MR) is 75.5 cm³/mol. The van der Waals surface area contributed by atoms with Crippen molar-refractivity contribution in [2.24, 2.45) is 11.8 Å². The lowest BCUT2D eigenvalue weighted by Crippen LogP contribution is -2.27. The molecule has 1 fully saturated rings. The third kappa shape index (κ3) is 2.49. The maximum atomic E-state index is 12.4. The molecule has 3 rings (SSSR count). The van der Waals surface area contributed by atoms with Crippen molar-refractivity contribution in [1.82, 2.24) is 14.1 Å². The maximum Gasteiger partial charge on any atom is 0.260 e. The zero-order valence-corrected chi connectivity index (χ0v) is 11.7. The zero-order chi connectivity index (χ0) is 14.2. The number of imidazole rings is 1. The number of sulfonamides is 1. The van der Waals surface area contributed by atoms with E-state index >= 15 is 0 Å². The number of hydrazine groups is 1. The number of rotatable bonds is 6. The monoisotopic (exact) mass is 295 g/mol. The van der Waals surface area contributed by atoms with Crippen LogP contribution in [0.15, 0.2) is 29.4 Å². The Labute approximate surface area is 117 Å². The first-order valence-corrected chi connectivity index (χ1v) is 8.03. The van der Waals surface area contributed by atoms with Crippen molar-refractivity contribution in [3.63, 3.8) is 0 Å². The number of hydrogen-bond acceptors (Lipinski definition) is 5. The van der Waals surface area contributed by atoms with Gasteiger partial charge in [0.25, 0.3) is 10.0 Å². The van der Waals surface area contributed by atoms with Crippen LogP contribution in [0.1, 0.15) is 19.3 Å². The fourth-order valence-electron chi connectivity index (χ4n) is 2.20. The minimum Gasteiger partial charge on any atom is -0.306 e. The highest BCUT2D eigenvalue weighted by molar-refractivity contribution is 7.89. The zero-order valence-electron chi connectivity index (χ0n) is 10.9. The lowest BCUT2D eigenvalue weighted by atomic mass is 10.3. The van der Waals surface area contributed by atoms with Gasteiger partial charge in [-0.25, -0.2) is 24.0 Å². The Balaban J connectivity index is 1.93. The summed E-state index contributed by atoms with van der Waals surface area (Å²) in [5.41, 5.74) is 2.88. The number of anilines is 1. The van der Waals surface area contributed by atoms with Gasteiger partial charge >= 0.3 is 0 Å². The normalized spacial score (nSPS) is 15.7. The average molecular weight is 295 g/mol. The first-order chi connectivity index (χ1) is 9.62. The highest BCUT2D eigenvalue weighted by atomic mass is 32.2. The molecule has 0 radical (unpaired) electrons. The maximum absolute atomic E-state index is 12.4. The fraction of sp³-hybridized carbons (Fsp3) is 0.417. The Morgan fingerprint density at radius 2 is 2.20 bits per heavy atom. The van der Waals surface area contributed by atoms with Gasteiger partial charge in [0.2, 0.25) is 0 Å². The Kier molecular flexibility index (Phi) is 3.36.